The Kier molecular flexibility index (Phi) is 2.76. The zero-order valence-corrected chi connectivity index (χ0v) is 9.68. The molecule has 0 amide bonds. The number of hydrogen-bond acceptors (Lipinski definition) is 3. The predicted molar refractivity (Wildman–Crippen MR) is 63.8 cm³/mol. The quantitative estimate of drug-likeness (QED) is 0.844. The summed E-state index contributed by atoms with van der Waals surface area (Å²) in [5.74, 6) is -0.792. The van der Waals surface area contributed by atoms with Gasteiger partial charge in [0.25, 0.3) is 0 Å². The second-order valence-electron chi connectivity index (χ2n) is 4.49. The normalized spacial score (nSPS) is 23.4. The molecule has 4 heteroatoms. The lowest BCUT2D eigenvalue weighted by molar-refractivity contribution is -0.142. The molecular weight excluding hydrogens is 216 g/mol. The average Bonchev–Trinajstić information content (AvgIpc) is 2.73. The molecule has 1 unspecified atom stereocenters. The number of benzene rings is 1. The van der Waals surface area contributed by atoms with Crippen molar-refractivity contribution in [3.8, 4) is 6.07 Å². The fourth-order valence-corrected chi connectivity index (χ4v) is 2.32. The van der Waals surface area contributed by atoms with Crippen molar-refractivity contribution in [2.75, 3.05) is 11.4 Å². The molecule has 1 N–H and O–H groups in total. The first-order valence-corrected chi connectivity index (χ1v) is 5.59. The number of rotatable bonds is 2. The van der Waals surface area contributed by atoms with Crippen LogP contribution in [0.3, 0.4) is 0 Å². The molecule has 4 nitrogen and oxygen atoms in total. The standard InChI is InChI=1S/C13H14N2O2/c1-13(12(16)17)7-2-8-15(13)11-5-3-10(9-14)4-6-11/h3-6H,2,7-8H2,1H3,(H,16,17). The second kappa shape index (κ2) is 4.10. The Labute approximate surface area is 100 Å². The van der Waals surface area contributed by atoms with Crippen molar-refractivity contribution in [1.82, 2.24) is 0 Å². The van der Waals surface area contributed by atoms with Crippen molar-refractivity contribution in [2.45, 2.75) is 25.3 Å². The monoisotopic (exact) mass is 230 g/mol. The van der Waals surface area contributed by atoms with Crippen molar-refractivity contribution in [2.24, 2.45) is 0 Å². The minimum atomic E-state index is -0.825. The van der Waals surface area contributed by atoms with Crippen LogP contribution < -0.4 is 4.90 Å². The molecule has 17 heavy (non-hydrogen) atoms. The summed E-state index contributed by atoms with van der Waals surface area (Å²) >= 11 is 0. The number of anilines is 1. The Morgan fingerprint density at radius 1 is 1.47 bits per heavy atom. The van der Waals surface area contributed by atoms with Crippen molar-refractivity contribution in [3.05, 3.63) is 29.8 Å². The topological polar surface area (TPSA) is 64.3 Å². The Morgan fingerprint density at radius 3 is 2.65 bits per heavy atom. The third-order valence-electron chi connectivity index (χ3n) is 3.41. The van der Waals surface area contributed by atoms with Crippen LogP contribution in [0, 0.1) is 11.3 Å². The van der Waals surface area contributed by atoms with Crippen LogP contribution >= 0.6 is 0 Å². The molecule has 2 rings (SSSR count). The Hall–Kier alpha value is -2.02. The molecule has 1 aromatic rings. The van der Waals surface area contributed by atoms with E-state index in [1.807, 2.05) is 17.0 Å². The van der Waals surface area contributed by atoms with Crippen LogP contribution in [0.5, 0.6) is 0 Å². The van der Waals surface area contributed by atoms with Crippen LogP contribution in [-0.4, -0.2) is 23.2 Å². The van der Waals surface area contributed by atoms with Gasteiger partial charge in [0.2, 0.25) is 0 Å². The maximum Gasteiger partial charge on any atom is 0.329 e. The molecule has 1 heterocycles. The SMILES string of the molecule is CC1(C(=O)O)CCCN1c1ccc(C#N)cc1. The fraction of sp³-hybridized carbons (Fsp3) is 0.385. The highest BCUT2D eigenvalue weighted by atomic mass is 16.4. The molecule has 0 aromatic heterocycles. The summed E-state index contributed by atoms with van der Waals surface area (Å²) in [5, 5.41) is 18.0. The van der Waals surface area contributed by atoms with Crippen molar-refractivity contribution in [3.63, 3.8) is 0 Å². The number of hydrogen-bond donors (Lipinski definition) is 1. The van der Waals surface area contributed by atoms with E-state index < -0.39 is 11.5 Å². The third kappa shape index (κ3) is 1.84. The molecule has 1 aromatic carbocycles. The van der Waals surface area contributed by atoms with Crippen LogP contribution in [-0.2, 0) is 4.79 Å². The van der Waals surface area contributed by atoms with Crippen molar-refractivity contribution in [1.29, 1.82) is 5.26 Å². The van der Waals surface area contributed by atoms with E-state index in [2.05, 4.69) is 6.07 Å². The van der Waals surface area contributed by atoms with Gasteiger partial charge in [0.05, 0.1) is 11.6 Å². The lowest BCUT2D eigenvalue weighted by atomic mass is 9.98. The highest BCUT2D eigenvalue weighted by Crippen LogP contribution is 2.34. The van der Waals surface area contributed by atoms with E-state index in [9.17, 15) is 9.90 Å². The van der Waals surface area contributed by atoms with Crippen molar-refractivity contribution >= 4 is 11.7 Å². The molecular formula is C13H14N2O2. The van der Waals surface area contributed by atoms with Gasteiger partial charge in [-0.05, 0) is 44.0 Å². The maximum absolute atomic E-state index is 11.3. The largest absolute Gasteiger partial charge is 0.480 e. The van der Waals surface area contributed by atoms with E-state index in [0.717, 1.165) is 18.7 Å². The van der Waals surface area contributed by atoms with E-state index in [0.29, 0.717) is 12.0 Å². The van der Waals surface area contributed by atoms with E-state index in [4.69, 9.17) is 5.26 Å². The van der Waals surface area contributed by atoms with Gasteiger partial charge in [-0.2, -0.15) is 5.26 Å². The highest BCUT2D eigenvalue weighted by Gasteiger charge is 2.43. The fourth-order valence-electron chi connectivity index (χ4n) is 2.32. The average molecular weight is 230 g/mol. The van der Waals surface area contributed by atoms with Gasteiger partial charge in [0.1, 0.15) is 5.54 Å². The van der Waals surface area contributed by atoms with Crippen molar-refractivity contribution < 1.29 is 9.90 Å². The zero-order chi connectivity index (χ0) is 12.5. The first kappa shape index (κ1) is 11.5. The van der Waals surface area contributed by atoms with Crippen LogP contribution in [0.4, 0.5) is 5.69 Å². The second-order valence-corrected chi connectivity index (χ2v) is 4.49. The van der Waals surface area contributed by atoms with Gasteiger partial charge >= 0.3 is 5.97 Å². The van der Waals surface area contributed by atoms with E-state index in [1.165, 1.54) is 0 Å². The Bertz CT molecular complexity index is 475. The van der Waals surface area contributed by atoms with Gasteiger partial charge in [0.15, 0.2) is 0 Å². The predicted octanol–water partition coefficient (Wildman–Crippen LogP) is 2.00. The number of aliphatic carboxylic acids is 1. The number of carboxylic acid groups (broad SMARTS) is 1. The van der Waals surface area contributed by atoms with Gasteiger partial charge in [0, 0.05) is 12.2 Å². The Balaban J connectivity index is 2.33. The zero-order valence-electron chi connectivity index (χ0n) is 9.68. The van der Waals surface area contributed by atoms with Crippen LogP contribution in [0.25, 0.3) is 0 Å². The Morgan fingerprint density at radius 2 is 2.12 bits per heavy atom. The van der Waals surface area contributed by atoms with E-state index >= 15 is 0 Å². The van der Waals surface area contributed by atoms with Crippen LogP contribution in [0.15, 0.2) is 24.3 Å². The number of nitrogens with zero attached hydrogens (tertiary/aromatic N) is 2. The summed E-state index contributed by atoms with van der Waals surface area (Å²) in [7, 11) is 0. The summed E-state index contributed by atoms with van der Waals surface area (Å²) in [5.41, 5.74) is 0.630. The molecule has 88 valence electrons. The summed E-state index contributed by atoms with van der Waals surface area (Å²) in [6.07, 6.45) is 1.53. The number of carboxylic acids is 1. The molecule has 1 fully saturated rings. The van der Waals surface area contributed by atoms with E-state index in [-0.39, 0.29) is 0 Å². The van der Waals surface area contributed by atoms with Gasteiger partial charge in [-0.25, -0.2) is 4.79 Å². The molecule has 0 radical (unpaired) electrons. The lowest BCUT2D eigenvalue weighted by Gasteiger charge is -2.33. The molecule has 0 aliphatic carbocycles. The first-order chi connectivity index (χ1) is 8.08. The summed E-state index contributed by atoms with van der Waals surface area (Å²) in [6, 6.07) is 9.11. The number of nitriles is 1. The van der Waals surface area contributed by atoms with E-state index in [1.54, 1.807) is 19.1 Å². The maximum atomic E-state index is 11.3. The summed E-state index contributed by atoms with van der Waals surface area (Å²) in [6.45, 7) is 2.50. The third-order valence-corrected chi connectivity index (χ3v) is 3.41. The lowest BCUT2D eigenvalue weighted by Crippen LogP contribution is -2.48. The number of carbonyl (C=O) groups is 1. The molecule has 0 saturated carbocycles. The highest BCUT2D eigenvalue weighted by molar-refractivity contribution is 5.84. The van der Waals surface area contributed by atoms with Crippen LogP contribution in [0.2, 0.25) is 0 Å². The smallest absolute Gasteiger partial charge is 0.329 e. The molecule has 0 bridgehead atoms. The van der Waals surface area contributed by atoms with Crippen LogP contribution in [0.1, 0.15) is 25.3 Å². The molecule has 1 aliphatic rings. The summed E-state index contributed by atoms with van der Waals surface area (Å²) < 4.78 is 0. The molecule has 0 spiro atoms. The van der Waals surface area contributed by atoms with Gasteiger partial charge in [-0.15, -0.1) is 0 Å². The molecule has 1 aliphatic heterocycles. The summed E-state index contributed by atoms with van der Waals surface area (Å²) in [4.78, 5) is 13.2. The molecule has 1 atom stereocenters. The first-order valence-electron chi connectivity index (χ1n) is 5.59. The minimum Gasteiger partial charge on any atom is -0.480 e. The van der Waals surface area contributed by atoms with Gasteiger partial charge in [-0.3, -0.25) is 0 Å². The van der Waals surface area contributed by atoms with Gasteiger partial charge in [-0.1, -0.05) is 0 Å². The minimum absolute atomic E-state index is 0.588. The van der Waals surface area contributed by atoms with Gasteiger partial charge < -0.3 is 10.0 Å². The molecule has 1 saturated heterocycles.